The summed E-state index contributed by atoms with van der Waals surface area (Å²) in [5.74, 6) is -0.858. The van der Waals surface area contributed by atoms with E-state index in [0.717, 1.165) is 6.07 Å². The van der Waals surface area contributed by atoms with Gasteiger partial charge in [0.1, 0.15) is 5.82 Å². The zero-order valence-corrected chi connectivity index (χ0v) is 14.0. The number of hydrogen-bond acceptors (Lipinski definition) is 6. The minimum atomic E-state index is -1.08. The maximum atomic E-state index is 12.2. The van der Waals surface area contributed by atoms with Crippen molar-refractivity contribution in [2.45, 2.75) is 32.9 Å². The lowest BCUT2D eigenvalue weighted by atomic mass is 10.2. The van der Waals surface area contributed by atoms with Gasteiger partial charge in [-0.1, -0.05) is 6.07 Å². The van der Waals surface area contributed by atoms with Crippen molar-refractivity contribution in [2.24, 2.45) is 0 Å². The van der Waals surface area contributed by atoms with Crippen LogP contribution in [0.1, 0.15) is 37.2 Å². The molecule has 2 aromatic rings. The fourth-order valence-corrected chi connectivity index (χ4v) is 2.08. The molecule has 25 heavy (non-hydrogen) atoms. The minimum absolute atomic E-state index is 0.000993. The molecule has 1 heterocycles. The van der Waals surface area contributed by atoms with Crippen molar-refractivity contribution in [1.29, 1.82) is 0 Å². The highest BCUT2D eigenvalue weighted by molar-refractivity contribution is 5.97. The molecule has 0 radical (unpaired) electrons. The molecule has 1 amide bonds. The molecular weight excluding hydrogens is 328 g/mol. The van der Waals surface area contributed by atoms with Gasteiger partial charge in [-0.2, -0.15) is 5.10 Å². The highest BCUT2D eigenvalue weighted by Gasteiger charge is 2.21. The van der Waals surface area contributed by atoms with Crippen molar-refractivity contribution in [3.05, 3.63) is 52.2 Å². The van der Waals surface area contributed by atoms with Gasteiger partial charge in [0, 0.05) is 24.2 Å². The third-order valence-corrected chi connectivity index (χ3v) is 3.36. The Balaban J connectivity index is 2.03. The lowest BCUT2D eigenvalue weighted by Crippen LogP contribution is -2.31. The number of ether oxygens (including phenoxy) is 1. The van der Waals surface area contributed by atoms with E-state index >= 15 is 0 Å². The summed E-state index contributed by atoms with van der Waals surface area (Å²) < 4.78 is 6.70. The molecule has 1 aromatic heterocycles. The average molecular weight is 346 g/mol. The fraction of sp³-hybridized carbons (Fsp3) is 0.312. The molecule has 0 unspecified atom stereocenters. The number of carbonyl (C=O) groups excluding carboxylic acids is 2. The monoisotopic (exact) mass is 346 g/mol. The second kappa shape index (κ2) is 7.56. The molecule has 0 aliphatic heterocycles. The molecule has 0 spiro atoms. The Hall–Kier alpha value is -3.23. The number of rotatable bonds is 6. The number of esters is 1. The van der Waals surface area contributed by atoms with Crippen LogP contribution in [-0.2, 0) is 9.53 Å². The molecule has 1 atom stereocenters. The molecule has 0 aliphatic rings. The van der Waals surface area contributed by atoms with E-state index in [2.05, 4.69) is 10.4 Å². The number of non-ortho nitro benzene ring substituents is 1. The summed E-state index contributed by atoms with van der Waals surface area (Å²) in [6.07, 6.45) is 0.470. The van der Waals surface area contributed by atoms with Gasteiger partial charge in [-0.15, -0.1) is 0 Å². The maximum absolute atomic E-state index is 12.2. The van der Waals surface area contributed by atoms with Crippen LogP contribution in [0.2, 0.25) is 0 Å². The number of amides is 1. The number of benzene rings is 1. The normalized spacial score (nSPS) is 11.8. The summed E-state index contributed by atoms with van der Waals surface area (Å²) in [6, 6.07) is 6.80. The maximum Gasteiger partial charge on any atom is 0.339 e. The predicted octanol–water partition coefficient (Wildman–Crippen LogP) is 2.56. The number of nitrogens with one attached hydrogen (secondary N) is 1. The topological polar surface area (TPSA) is 116 Å². The highest BCUT2D eigenvalue weighted by Crippen LogP contribution is 2.16. The van der Waals surface area contributed by atoms with E-state index in [-0.39, 0.29) is 17.3 Å². The Bertz CT molecular complexity index is 799. The van der Waals surface area contributed by atoms with Gasteiger partial charge in [0.2, 0.25) is 0 Å². The summed E-state index contributed by atoms with van der Waals surface area (Å²) in [4.78, 5) is 34.4. The number of carbonyl (C=O) groups is 2. The largest absolute Gasteiger partial charge is 0.449 e. The summed E-state index contributed by atoms with van der Waals surface area (Å²) in [5, 5.41) is 17.5. The van der Waals surface area contributed by atoms with E-state index in [1.807, 2.05) is 13.8 Å². The van der Waals surface area contributed by atoms with E-state index < -0.39 is 22.9 Å². The molecule has 9 heteroatoms. The number of nitrogens with zero attached hydrogens (tertiary/aromatic N) is 3. The van der Waals surface area contributed by atoms with Crippen molar-refractivity contribution in [2.75, 3.05) is 5.32 Å². The molecule has 0 bridgehead atoms. The van der Waals surface area contributed by atoms with E-state index in [4.69, 9.17) is 4.74 Å². The van der Waals surface area contributed by atoms with Gasteiger partial charge in [-0.3, -0.25) is 14.9 Å². The molecule has 1 N–H and O–H groups in total. The predicted molar refractivity (Wildman–Crippen MR) is 89.2 cm³/mol. The Morgan fingerprint density at radius 3 is 2.64 bits per heavy atom. The van der Waals surface area contributed by atoms with Crippen molar-refractivity contribution < 1.29 is 19.2 Å². The Kier molecular flexibility index (Phi) is 5.48. The Morgan fingerprint density at radius 1 is 1.28 bits per heavy atom. The number of nitro groups is 1. The van der Waals surface area contributed by atoms with Crippen LogP contribution >= 0.6 is 0 Å². The number of anilines is 1. The van der Waals surface area contributed by atoms with Crippen molar-refractivity contribution in [3.8, 4) is 0 Å². The lowest BCUT2D eigenvalue weighted by Gasteiger charge is -2.15. The minimum Gasteiger partial charge on any atom is -0.449 e. The smallest absolute Gasteiger partial charge is 0.339 e. The Morgan fingerprint density at radius 2 is 2.00 bits per heavy atom. The number of hydrogen-bond donors (Lipinski definition) is 1. The summed E-state index contributed by atoms with van der Waals surface area (Å²) in [6.45, 7) is 5.24. The Labute approximate surface area is 143 Å². The van der Waals surface area contributed by atoms with E-state index in [1.54, 1.807) is 16.9 Å². The second-order valence-corrected chi connectivity index (χ2v) is 5.60. The lowest BCUT2D eigenvalue weighted by molar-refractivity contribution is -0.384. The van der Waals surface area contributed by atoms with E-state index in [9.17, 15) is 19.7 Å². The van der Waals surface area contributed by atoms with E-state index in [0.29, 0.717) is 5.82 Å². The molecule has 132 valence electrons. The second-order valence-electron chi connectivity index (χ2n) is 5.60. The van der Waals surface area contributed by atoms with Crippen LogP contribution in [0, 0.1) is 10.1 Å². The van der Waals surface area contributed by atoms with Gasteiger partial charge in [0.25, 0.3) is 11.6 Å². The molecule has 9 nitrogen and oxygen atoms in total. The SMILES string of the molecule is CC(C)n1nccc1NC(=O)[C@@H](C)OC(=O)c1cccc([N+](=O)[O-])c1. The van der Waals surface area contributed by atoms with Crippen LogP contribution in [-0.4, -0.2) is 32.7 Å². The van der Waals surface area contributed by atoms with Gasteiger partial charge in [-0.05, 0) is 26.8 Å². The molecule has 2 rings (SSSR count). The molecule has 0 fully saturated rings. The first-order valence-electron chi connectivity index (χ1n) is 7.59. The molecule has 0 saturated carbocycles. The van der Waals surface area contributed by atoms with Gasteiger partial charge in [0.05, 0.1) is 16.7 Å². The first-order valence-corrected chi connectivity index (χ1v) is 7.59. The zero-order chi connectivity index (χ0) is 18.6. The van der Waals surface area contributed by atoms with Crippen LogP contribution < -0.4 is 5.32 Å². The van der Waals surface area contributed by atoms with Crippen molar-refractivity contribution in [3.63, 3.8) is 0 Å². The average Bonchev–Trinajstić information content (AvgIpc) is 3.03. The van der Waals surface area contributed by atoms with Crippen LogP contribution in [0.5, 0.6) is 0 Å². The fourth-order valence-electron chi connectivity index (χ4n) is 2.08. The van der Waals surface area contributed by atoms with Gasteiger partial charge in [-0.25, -0.2) is 9.48 Å². The van der Waals surface area contributed by atoms with Crippen molar-refractivity contribution in [1.82, 2.24) is 9.78 Å². The molecule has 1 aromatic carbocycles. The zero-order valence-electron chi connectivity index (χ0n) is 14.0. The van der Waals surface area contributed by atoms with Gasteiger partial charge < -0.3 is 10.1 Å². The standard InChI is InChI=1S/C16H18N4O5/c1-10(2)19-14(7-8-17-19)18-15(21)11(3)25-16(22)12-5-4-6-13(9-12)20(23)24/h4-11H,1-3H3,(H,18,21)/t11-/m1/s1. The number of aromatic nitrogens is 2. The molecular formula is C16H18N4O5. The third-order valence-electron chi connectivity index (χ3n) is 3.36. The first kappa shape index (κ1) is 18.1. The summed E-state index contributed by atoms with van der Waals surface area (Å²) in [7, 11) is 0. The van der Waals surface area contributed by atoms with Gasteiger partial charge >= 0.3 is 5.97 Å². The van der Waals surface area contributed by atoms with Crippen LogP contribution in [0.4, 0.5) is 11.5 Å². The van der Waals surface area contributed by atoms with Crippen molar-refractivity contribution >= 4 is 23.4 Å². The molecule has 0 saturated heterocycles. The summed E-state index contributed by atoms with van der Waals surface area (Å²) in [5.41, 5.74) is -0.228. The first-order chi connectivity index (χ1) is 11.8. The van der Waals surface area contributed by atoms with Crippen LogP contribution in [0.15, 0.2) is 36.5 Å². The molecule has 0 aliphatic carbocycles. The van der Waals surface area contributed by atoms with Gasteiger partial charge in [0.15, 0.2) is 6.10 Å². The van der Waals surface area contributed by atoms with E-state index in [1.165, 1.54) is 25.1 Å². The van der Waals surface area contributed by atoms with Crippen LogP contribution in [0.25, 0.3) is 0 Å². The highest BCUT2D eigenvalue weighted by atomic mass is 16.6. The third kappa shape index (κ3) is 4.40. The summed E-state index contributed by atoms with van der Waals surface area (Å²) >= 11 is 0. The quantitative estimate of drug-likeness (QED) is 0.488. The van der Waals surface area contributed by atoms with Crippen LogP contribution in [0.3, 0.4) is 0 Å². The number of nitro benzene ring substituents is 1.